The molecule has 0 heterocycles. The van der Waals surface area contributed by atoms with E-state index in [4.69, 9.17) is 10.2 Å². The zero-order chi connectivity index (χ0) is 22.2. The summed E-state index contributed by atoms with van der Waals surface area (Å²) in [5, 5.41) is 15.7. The quantitative estimate of drug-likeness (QED) is 0.542. The van der Waals surface area contributed by atoms with Gasteiger partial charge in [0.05, 0.1) is 13.2 Å². The highest BCUT2D eigenvalue weighted by Gasteiger charge is 1.90. The van der Waals surface area contributed by atoms with Gasteiger partial charge in [0.2, 0.25) is 0 Å². The maximum absolute atomic E-state index is 10.1. The fourth-order valence-corrected chi connectivity index (χ4v) is 0.995. The third kappa shape index (κ3) is 27.4. The van der Waals surface area contributed by atoms with Gasteiger partial charge in [0.1, 0.15) is 6.61 Å². The summed E-state index contributed by atoms with van der Waals surface area (Å²) in [5.41, 5.74) is 1.17. The van der Waals surface area contributed by atoms with E-state index in [2.05, 4.69) is 35.8 Å². The minimum absolute atomic E-state index is 0.0465. The maximum Gasteiger partial charge on any atom is 0.330 e. The first-order valence-corrected chi connectivity index (χ1v) is 8.04. The molecule has 0 saturated carbocycles. The monoisotopic (exact) mass is 392 g/mol. The number of rotatable bonds is 7. The molecule has 0 atom stereocenters. The second-order valence-electron chi connectivity index (χ2n) is 4.21. The molecular formula is C21H28O7. The third-order valence-corrected chi connectivity index (χ3v) is 2.17. The second-order valence-corrected chi connectivity index (χ2v) is 4.21. The van der Waals surface area contributed by atoms with Gasteiger partial charge in [0.25, 0.3) is 0 Å². The molecule has 0 unspecified atom stereocenters. The predicted molar refractivity (Wildman–Crippen MR) is 109 cm³/mol. The highest BCUT2D eigenvalue weighted by molar-refractivity contribution is 5.81. The van der Waals surface area contributed by atoms with Gasteiger partial charge in [-0.25, -0.2) is 14.4 Å². The van der Waals surface area contributed by atoms with Crippen LogP contribution in [-0.4, -0.2) is 47.9 Å². The summed E-state index contributed by atoms with van der Waals surface area (Å²) in [7, 11) is 0. The summed E-state index contributed by atoms with van der Waals surface area (Å²) in [6.07, 6.45) is 4.86. The Balaban J connectivity index is -0.000000302. The Kier molecular flexibility index (Phi) is 24.7. The van der Waals surface area contributed by atoms with Gasteiger partial charge in [-0.3, -0.25) is 0 Å². The van der Waals surface area contributed by atoms with Crippen LogP contribution in [0, 0.1) is 0 Å². The number of benzene rings is 1. The van der Waals surface area contributed by atoms with Crippen LogP contribution >= 0.6 is 0 Å². The number of hydrogen-bond acceptors (Lipinski definition) is 6. The zero-order valence-corrected chi connectivity index (χ0v) is 16.1. The van der Waals surface area contributed by atoms with Crippen molar-refractivity contribution < 1.29 is 34.1 Å². The van der Waals surface area contributed by atoms with Crippen molar-refractivity contribution in [2.75, 3.05) is 19.8 Å². The molecule has 0 bridgehead atoms. The molecule has 1 aromatic rings. The van der Waals surface area contributed by atoms with E-state index in [1.54, 1.807) is 6.92 Å². The molecule has 7 heteroatoms. The van der Waals surface area contributed by atoms with Gasteiger partial charge >= 0.3 is 17.9 Å². The van der Waals surface area contributed by atoms with Crippen molar-refractivity contribution in [3.05, 3.63) is 80.4 Å². The SMILES string of the molecule is C=CC(=O)O.C=CC(=O)OCC.C=CC(=O)OCCO.C=Cc1ccccc1. The van der Waals surface area contributed by atoms with Crippen LogP contribution in [0.15, 0.2) is 74.9 Å². The lowest BCUT2D eigenvalue weighted by atomic mass is 10.2. The summed E-state index contributed by atoms with van der Waals surface area (Å²) < 4.78 is 8.77. The van der Waals surface area contributed by atoms with Crippen molar-refractivity contribution in [3.8, 4) is 0 Å². The Hall–Kier alpha value is -3.45. The Bertz CT molecular complexity index is 592. The Morgan fingerprint density at radius 2 is 1.39 bits per heavy atom. The first kappa shape index (κ1) is 29.3. The van der Waals surface area contributed by atoms with E-state index in [1.807, 2.05) is 36.4 Å². The van der Waals surface area contributed by atoms with Crippen LogP contribution in [0.1, 0.15) is 12.5 Å². The van der Waals surface area contributed by atoms with Crippen LogP contribution in [-0.2, 0) is 23.9 Å². The highest BCUT2D eigenvalue weighted by Crippen LogP contribution is 1.97. The Labute approximate surface area is 165 Å². The number of carbonyl (C=O) groups excluding carboxylic acids is 2. The lowest BCUT2D eigenvalue weighted by Crippen LogP contribution is -2.04. The molecule has 7 nitrogen and oxygen atoms in total. The van der Waals surface area contributed by atoms with Crippen molar-refractivity contribution >= 4 is 24.0 Å². The lowest BCUT2D eigenvalue weighted by molar-refractivity contribution is -0.139. The number of aliphatic carboxylic acids is 1. The van der Waals surface area contributed by atoms with Crippen LogP contribution in [0.3, 0.4) is 0 Å². The van der Waals surface area contributed by atoms with Gasteiger partial charge in [0.15, 0.2) is 0 Å². The summed E-state index contributed by atoms with van der Waals surface area (Å²) >= 11 is 0. The smallest absolute Gasteiger partial charge is 0.330 e. The van der Waals surface area contributed by atoms with Crippen molar-refractivity contribution in [1.29, 1.82) is 0 Å². The number of esters is 2. The summed E-state index contributed by atoms with van der Waals surface area (Å²) in [5.74, 6) is -1.84. The molecule has 0 aliphatic carbocycles. The minimum Gasteiger partial charge on any atom is -0.478 e. The van der Waals surface area contributed by atoms with Crippen LogP contribution in [0.4, 0.5) is 0 Å². The molecule has 1 aromatic carbocycles. The van der Waals surface area contributed by atoms with Gasteiger partial charge in [-0.1, -0.05) is 62.7 Å². The molecule has 0 radical (unpaired) electrons. The number of hydrogen-bond donors (Lipinski definition) is 2. The summed E-state index contributed by atoms with van der Waals surface area (Å²) in [4.78, 5) is 29.4. The van der Waals surface area contributed by atoms with Gasteiger partial charge < -0.3 is 19.7 Å². The average molecular weight is 392 g/mol. The summed E-state index contributed by atoms with van der Waals surface area (Å²) in [6, 6.07) is 10.0. The number of ether oxygens (including phenoxy) is 2. The maximum atomic E-state index is 10.1. The lowest BCUT2D eigenvalue weighted by Gasteiger charge is -1.94. The molecule has 0 aliphatic heterocycles. The van der Waals surface area contributed by atoms with E-state index in [0.717, 1.165) is 18.2 Å². The van der Waals surface area contributed by atoms with Gasteiger partial charge in [-0.05, 0) is 12.5 Å². The number of aliphatic hydroxyl groups is 1. The molecular weight excluding hydrogens is 364 g/mol. The first-order chi connectivity index (χ1) is 13.3. The second kappa shape index (κ2) is 23.5. The van der Waals surface area contributed by atoms with Crippen molar-refractivity contribution in [2.24, 2.45) is 0 Å². The average Bonchev–Trinajstić information content (AvgIpc) is 2.73. The zero-order valence-electron chi connectivity index (χ0n) is 16.1. The van der Waals surface area contributed by atoms with Crippen molar-refractivity contribution in [1.82, 2.24) is 0 Å². The van der Waals surface area contributed by atoms with Crippen molar-refractivity contribution in [2.45, 2.75) is 6.92 Å². The van der Waals surface area contributed by atoms with E-state index in [-0.39, 0.29) is 19.2 Å². The molecule has 0 saturated heterocycles. The Morgan fingerprint density at radius 1 is 0.929 bits per heavy atom. The molecule has 2 N–H and O–H groups in total. The van der Waals surface area contributed by atoms with E-state index >= 15 is 0 Å². The van der Waals surface area contributed by atoms with E-state index < -0.39 is 11.9 Å². The first-order valence-electron chi connectivity index (χ1n) is 8.04. The molecule has 0 aliphatic rings. The standard InChI is InChI=1S/C8H8.C5H8O3.C5H8O2.C3H4O2/c1-2-8-6-4-3-5-7-8;1-2-5(7)8-4-3-6;1-3-5(6)7-4-2;1-2-3(4)5/h2-7H,1H2;2,6H,1,3-4H2;3H,1,4H2,2H3;2H,1H2,(H,4,5). The van der Waals surface area contributed by atoms with Gasteiger partial charge in [0, 0.05) is 18.2 Å². The molecule has 0 fully saturated rings. The fourth-order valence-electron chi connectivity index (χ4n) is 0.995. The fraction of sp³-hybridized carbons (Fsp3) is 0.190. The summed E-state index contributed by atoms with van der Waals surface area (Å²) in [6.45, 7) is 15.0. The number of carbonyl (C=O) groups is 3. The van der Waals surface area contributed by atoms with E-state index in [9.17, 15) is 14.4 Å². The van der Waals surface area contributed by atoms with Gasteiger partial charge in [-0.2, -0.15) is 0 Å². The van der Waals surface area contributed by atoms with Crippen LogP contribution in [0.5, 0.6) is 0 Å². The minimum atomic E-state index is -0.981. The molecule has 154 valence electrons. The number of carboxylic acid groups (broad SMARTS) is 1. The van der Waals surface area contributed by atoms with Crippen LogP contribution in [0.25, 0.3) is 6.08 Å². The third-order valence-electron chi connectivity index (χ3n) is 2.17. The Morgan fingerprint density at radius 3 is 1.64 bits per heavy atom. The van der Waals surface area contributed by atoms with Crippen molar-refractivity contribution in [3.63, 3.8) is 0 Å². The topological polar surface area (TPSA) is 110 Å². The largest absolute Gasteiger partial charge is 0.478 e. The predicted octanol–water partition coefficient (Wildman–Crippen LogP) is 3.03. The van der Waals surface area contributed by atoms with Gasteiger partial charge in [-0.15, -0.1) is 0 Å². The molecule has 0 spiro atoms. The highest BCUT2D eigenvalue weighted by atomic mass is 16.5. The van der Waals surface area contributed by atoms with Crippen LogP contribution in [0.2, 0.25) is 0 Å². The molecule has 0 aromatic heterocycles. The number of aliphatic hydroxyl groups excluding tert-OH is 1. The molecule has 0 amide bonds. The number of carboxylic acids is 1. The molecule has 1 rings (SSSR count). The normalized spacial score (nSPS) is 7.79. The van der Waals surface area contributed by atoms with Crippen LogP contribution < -0.4 is 0 Å². The van der Waals surface area contributed by atoms with E-state index in [0.29, 0.717) is 6.61 Å². The molecule has 28 heavy (non-hydrogen) atoms. The van der Waals surface area contributed by atoms with E-state index in [1.165, 1.54) is 5.56 Å².